The standard InChI is InChI=1S/C17H20N2O/c1-12-15(13(2)20)9-10-17(18-12)19-11-5-7-14-6-3-4-8-16(14)19/h3-4,6,8-10,13,20H,5,7,11H2,1-2H3/t13-/m1/s1. The van der Waals surface area contributed by atoms with E-state index in [-0.39, 0.29) is 0 Å². The zero-order valence-corrected chi connectivity index (χ0v) is 12.0. The third-order valence-electron chi connectivity index (χ3n) is 3.95. The van der Waals surface area contributed by atoms with Crippen LogP contribution in [0.5, 0.6) is 0 Å². The summed E-state index contributed by atoms with van der Waals surface area (Å²) in [6.45, 7) is 4.73. The molecule has 0 unspecified atom stereocenters. The summed E-state index contributed by atoms with van der Waals surface area (Å²) in [6, 6.07) is 12.5. The van der Waals surface area contributed by atoms with E-state index in [1.54, 1.807) is 6.92 Å². The average Bonchev–Trinajstić information content (AvgIpc) is 2.46. The molecule has 0 saturated carbocycles. The summed E-state index contributed by atoms with van der Waals surface area (Å²) in [4.78, 5) is 6.96. The van der Waals surface area contributed by atoms with Crippen molar-refractivity contribution in [1.82, 2.24) is 4.98 Å². The smallest absolute Gasteiger partial charge is 0.133 e. The summed E-state index contributed by atoms with van der Waals surface area (Å²) < 4.78 is 0. The second-order valence-electron chi connectivity index (χ2n) is 5.40. The van der Waals surface area contributed by atoms with Crippen molar-refractivity contribution in [3.05, 3.63) is 53.2 Å². The number of benzene rings is 1. The van der Waals surface area contributed by atoms with E-state index in [1.165, 1.54) is 11.3 Å². The fourth-order valence-corrected chi connectivity index (χ4v) is 2.92. The molecule has 104 valence electrons. The number of aryl methyl sites for hydroxylation is 2. The molecule has 0 saturated heterocycles. The van der Waals surface area contributed by atoms with Crippen LogP contribution in [0.4, 0.5) is 11.5 Å². The van der Waals surface area contributed by atoms with Crippen molar-refractivity contribution < 1.29 is 5.11 Å². The first-order valence-electron chi connectivity index (χ1n) is 7.18. The Bertz CT molecular complexity index is 622. The van der Waals surface area contributed by atoms with Crippen LogP contribution in [-0.4, -0.2) is 16.6 Å². The lowest BCUT2D eigenvalue weighted by Gasteiger charge is -2.30. The maximum Gasteiger partial charge on any atom is 0.133 e. The zero-order valence-electron chi connectivity index (χ0n) is 12.0. The first kappa shape index (κ1) is 13.1. The van der Waals surface area contributed by atoms with Gasteiger partial charge in [-0.25, -0.2) is 4.98 Å². The highest BCUT2D eigenvalue weighted by molar-refractivity contribution is 5.65. The molecule has 1 aliphatic rings. The SMILES string of the molecule is Cc1nc(N2CCCc3ccccc32)ccc1[C@@H](C)O. The van der Waals surface area contributed by atoms with Crippen LogP contribution in [0.2, 0.25) is 0 Å². The van der Waals surface area contributed by atoms with Gasteiger partial charge in [0, 0.05) is 23.5 Å². The second kappa shape index (κ2) is 5.25. The predicted molar refractivity (Wildman–Crippen MR) is 81.4 cm³/mol. The number of aromatic nitrogens is 1. The Kier molecular flexibility index (Phi) is 3.45. The minimum absolute atomic E-state index is 0.467. The van der Waals surface area contributed by atoms with Crippen LogP contribution in [0.25, 0.3) is 0 Å². The van der Waals surface area contributed by atoms with Gasteiger partial charge in [-0.15, -0.1) is 0 Å². The van der Waals surface area contributed by atoms with E-state index in [0.29, 0.717) is 0 Å². The molecule has 1 aromatic heterocycles. The molecule has 3 rings (SSSR count). The molecule has 0 radical (unpaired) electrons. The van der Waals surface area contributed by atoms with Crippen molar-refractivity contribution in [2.24, 2.45) is 0 Å². The number of aliphatic hydroxyl groups excluding tert-OH is 1. The lowest BCUT2D eigenvalue weighted by molar-refractivity contribution is 0.198. The largest absolute Gasteiger partial charge is 0.389 e. The number of hydrogen-bond donors (Lipinski definition) is 1. The minimum atomic E-state index is -0.467. The first-order valence-corrected chi connectivity index (χ1v) is 7.18. The van der Waals surface area contributed by atoms with Gasteiger partial charge < -0.3 is 10.0 Å². The number of hydrogen-bond acceptors (Lipinski definition) is 3. The molecule has 0 aliphatic carbocycles. The van der Waals surface area contributed by atoms with E-state index < -0.39 is 6.10 Å². The highest BCUT2D eigenvalue weighted by atomic mass is 16.3. The molecule has 3 nitrogen and oxygen atoms in total. The third kappa shape index (κ3) is 2.29. The Morgan fingerprint density at radius 2 is 2.00 bits per heavy atom. The van der Waals surface area contributed by atoms with Crippen LogP contribution in [0, 0.1) is 6.92 Å². The van der Waals surface area contributed by atoms with Crippen molar-refractivity contribution >= 4 is 11.5 Å². The lowest BCUT2D eigenvalue weighted by atomic mass is 10.0. The van der Waals surface area contributed by atoms with Crippen molar-refractivity contribution in [2.45, 2.75) is 32.8 Å². The molecule has 1 N–H and O–H groups in total. The van der Waals surface area contributed by atoms with Gasteiger partial charge in [-0.05, 0) is 44.4 Å². The van der Waals surface area contributed by atoms with Gasteiger partial charge in [0.05, 0.1) is 6.10 Å². The lowest BCUT2D eigenvalue weighted by Crippen LogP contribution is -2.25. The van der Waals surface area contributed by atoms with Crippen LogP contribution in [0.1, 0.15) is 36.3 Å². The summed E-state index contributed by atoms with van der Waals surface area (Å²) >= 11 is 0. The van der Waals surface area contributed by atoms with Gasteiger partial charge in [0.1, 0.15) is 5.82 Å². The van der Waals surface area contributed by atoms with Crippen LogP contribution < -0.4 is 4.90 Å². The van der Waals surface area contributed by atoms with Gasteiger partial charge in [-0.3, -0.25) is 0 Å². The molecule has 2 aromatic rings. The molecule has 3 heteroatoms. The molecule has 1 aromatic carbocycles. The van der Waals surface area contributed by atoms with Crippen LogP contribution in [0.15, 0.2) is 36.4 Å². The molecule has 1 atom stereocenters. The van der Waals surface area contributed by atoms with Gasteiger partial charge in [0.15, 0.2) is 0 Å². The molecular weight excluding hydrogens is 248 g/mol. The highest BCUT2D eigenvalue weighted by Gasteiger charge is 2.19. The van der Waals surface area contributed by atoms with E-state index in [1.807, 2.05) is 19.1 Å². The Labute approximate surface area is 119 Å². The third-order valence-corrected chi connectivity index (χ3v) is 3.95. The number of nitrogens with zero attached hydrogens (tertiary/aromatic N) is 2. The topological polar surface area (TPSA) is 36.4 Å². The quantitative estimate of drug-likeness (QED) is 0.905. The molecular formula is C17H20N2O. The fourth-order valence-electron chi connectivity index (χ4n) is 2.92. The van der Waals surface area contributed by atoms with Crippen molar-refractivity contribution in [3.63, 3.8) is 0 Å². The van der Waals surface area contributed by atoms with Crippen LogP contribution in [-0.2, 0) is 6.42 Å². The van der Waals surface area contributed by atoms with Gasteiger partial charge >= 0.3 is 0 Å². The summed E-state index contributed by atoms with van der Waals surface area (Å²) in [5.41, 5.74) is 4.45. The maximum absolute atomic E-state index is 9.71. The summed E-state index contributed by atoms with van der Waals surface area (Å²) in [7, 11) is 0. The molecule has 1 aliphatic heterocycles. The molecule has 0 amide bonds. The Hall–Kier alpha value is -1.87. The van der Waals surface area contributed by atoms with E-state index in [4.69, 9.17) is 0 Å². The average molecular weight is 268 g/mol. The Morgan fingerprint density at radius 1 is 1.20 bits per heavy atom. The van der Waals surface area contributed by atoms with Gasteiger partial charge in [-0.2, -0.15) is 0 Å². The molecule has 0 fully saturated rings. The molecule has 0 bridgehead atoms. The van der Waals surface area contributed by atoms with Gasteiger partial charge in [0.25, 0.3) is 0 Å². The number of aliphatic hydroxyl groups is 1. The minimum Gasteiger partial charge on any atom is -0.389 e. The van der Waals surface area contributed by atoms with E-state index >= 15 is 0 Å². The van der Waals surface area contributed by atoms with E-state index in [0.717, 1.165) is 36.5 Å². The predicted octanol–water partition coefficient (Wildman–Crippen LogP) is 3.53. The molecule has 20 heavy (non-hydrogen) atoms. The van der Waals surface area contributed by atoms with Crippen molar-refractivity contribution in [1.29, 1.82) is 0 Å². The van der Waals surface area contributed by atoms with Gasteiger partial charge in [-0.1, -0.05) is 24.3 Å². The second-order valence-corrected chi connectivity index (χ2v) is 5.40. The molecule has 0 spiro atoms. The summed E-state index contributed by atoms with van der Waals surface area (Å²) in [5.74, 6) is 0.971. The monoisotopic (exact) mass is 268 g/mol. The normalized spacial score (nSPS) is 15.8. The summed E-state index contributed by atoms with van der Waals surface area (Å²) in [6.07, 6.45) is 1.82. The Morgan fingerprint density at radius 3 is 2.75 bits per heavy atom. The highest BCUT2D eigenvalue weighted by Crippen LogP contribution is 2.33. The van der Waals surface area contributed by atoms with Crippen molar-refractivity contribution in [2.75, 3.05) is 11.4 Å². The Balaban J connectivity index is 2.00. The summed E-state index contributed by atoms with van der Waals surface area (Å²) in [5, 5.41) is 9.71. The number of rotatable bonds is 2. The zero-order chi connectivity index (χ0) is 14.1. The number of fused-ring (bicyclic) bond motifs is 1. The van der Waals surface area contributed by atoms with E-state index in [9.17, 15) is 5.11 Å². The maximum atomic E-state index is 9.71. The molecule has 2 heterocycles. The van der Waals surface area contributed by atoms with Crippen molar-refractivity contribution in [3.8, 4) is 0 Å². The van der Waals surface area contributed by atoms with E-state index in [2.05, 4.69) is 34.1 Å². The fraction of sp³-hybridized carbons (Fsp3) is 0.353. The van der Waals surface area contributed by atoms with Crippen LogP contribution >= 0.6 is 0 Å². The number of para-hydroxylation sites is 1. The first-order chi connectivity index (χ1) is 9.66. The number of pyridine rings is 1. The number of anilines is 2. The van der Waals surface area contributed by atoms with Crippen LogP contribution in [0.3, 0.4) is 0 Å². The van der Waals surface area contributed by atoms with Gasteiger partial charge in [0.2, 0.25) is 0 Å².